The van der Waals surface area contributed by atoms with Gasteiger partial charge in [0.05, 0.1) is 25.0 Å². The zero-order valence-corrected chi connectivity index (χ0v) is 8.91. The number of nitrogens with zero attached hydrogens (tertiary/aromatic N) is 2. The van der Waals surface area contributed by atoms with Crippen molar-refractivity contribution in [2.75, 3.05) is 18.0 Å². The second kappa shape index (κ2) is 3.81. The number of alkyl halides is 2. The van der Waals surface area contributed by atoms with Crippen LogP contribution in [0.2, 0.25) is 0 Å². The summed E-state index contributed by atoms with van der Waals surface area (Å²) >= 11 is 0. The number of hydrogen-bond acceptors (Lipinski definition) is 3. The third kappa shape index (κ3) is 2.35. The molecule has 1 aliphatic heterocycles. The molecule has 1 aromatic heterocycles. The highest BCUT2D eigenvalue weighted by Gasteiger charge is 2.43. The van der Waals surface area contributed by atoms with Gasteiger partial charge in [-0.05, 0) is 19.1 Å². The van der Waals surface area contributed by atoms with Gasteiger partial charge in [-0.3, -0.25) is 9.78 Å². The monoisotopic (exact) mass is 226 g/mol. The van der Waals surface area contributed by atoms with Crippen LogP contribution in [0, 0.1) is 0 Å². The summed E-state index contributed by atoms with van der Waals surface area (Å²) in [7, 11) is 0. The number of Topliss-reactive ketones (excluding diaryl/α,β-unsaturated/α-hetero) is 1. The predicted octanol–water partition coefficient (Wildman–Crippen LogP) is 1.67. The van der Waals surface area contributed by atoms with Gasteiger partial charge in [0.2, 0.25) is 0 Å². The van der Waals surface area contributed by atoms with Crippen LogP contribution in [0.4, 0.5) is 14.5 Å². The number of anilines is 1. The lowest BCUT2D eigenvalue weighted by Gasteiger charge is -2.40. The molecule has 0 amide bonds. The molecule has 0 bridgehead atoms. The Kier molecular flexibility index (Phi) is 2.61. The van der Waals surface area contributed by atoms with E-state index < -0.39 is 5.92 Å². The molecule has 3 nitrogen and oxygen atoms in total. The van der Waals surface area contributed by atoms with Gasteiger partial charge >= 0.3 is 0 Å². The zero-order chi connectivity index (χ0) is 11.8. The van der Waals surface area contributed by atoms with Crippen molar-refractivity contribution in [1.29, 1.82) is 0 Å². The average molecular weight is 226 g/mol. The number of aromatic nitrogens is 1. The maximum absolute atomic E-state index is 12.6. The largest absolute Gasteiger partial charge is 0.358 e. The minimum Gasteiger partial charge on any atom is -0.358 e. The Balaban J connectivity index is 2.01. The molecular formula is C11H12F2N2O. The van der Waals surface area contributed by atoms with E-state index in [1.54, 1.807) is 17.0 Å². The van der Waals surface area contributed by atoms with E-state index in [2.05, 4.69) is 4.98 Å². The normalized spacial score (nSPS) is 18.1. The molecule has 0 unspecified atom stereocenters. The maximum Gasteiger partial charge on any atom is 0.282 e. The first-order valence-corrected chi connectivity index (χ1v) is 5.03. The van der Waals surface area contributed by atoms with Gasteiger partial charge in [-0.25, -0.2) is 8.78 Å². The number of carbonyl (C=O) groups excluding carboxylic acids is 1. The number of pyridine rings is 1. The van der Waals surface area contributed by atoms with E-state index in [9.17, 15) is 13.6 Å². The molecule has 2 rings (SSSR count). The maximum atomic E-state index is 12.6. The van der Waals surface area contributed by atoms with Crippen LogP contribution in [0.3, 0.4) is 0 Å². The predicted molar refractivity (Wildman–Crippen MR) is 55.8 cm³/mol. The van der Waals surface area contributed by atoms with Crippen molar-refractivity contribution in [1.82, 2.24) is 4.98 Å². The molecular weight excluding hydrogens is 214 g/mol. The molecule has 1 saturated heterocycles. The first kappa shape index (κ1) is 11.0. The smallest absolute Gasteiger partial charge is 0.282 e. The topological polar surface area (TPSA) is 33.2 Å². The Morgan fingerprint density at radius 1 is 1.50 bits per heavy atom. The van der Waals surface area contributed by atoms with E-state index in [1.807, 2.05) is 0 Å². The molecule has 0 spiro atoms. The van der Waals surface area contributed by atoms with Crippen molar-refractivity contribution in [3.8, 4) is 0 Å². The highest BCUT2D eigenvalue weighted by Crippen LogP contribution is 2.31. The van der Waals surface area contributed by atoms with Crippen LogP contribution in [0.5, 0.6) is 0 Å². The van der Waals surface area contributed by atoms with E-state index in [4.69, 9.17) is 0 Å². The molecule has 0 radical (unpaired) electrons. The van der Waals surface area contributed by atoms with E-state index in [1.165, 1.54) is 13.1 Å². The highest BCUT2D eigenvalue weighted by molar-refractivity contribution is 5.77. The number of rotatable bonds is 3. The van der Waals surface area contributed by atoms with E-state index in [0.29, 0.717) is 11.4 Å². The summed E-state index contributed by atoms with van der Waals surface area (Å²) in [6.45, 7) is 0.993. The molecule has 1 aliphatic rings. The molecule has 0 aliphatic carbocycles. The molecule has 16 heavy (non-hydrogen) atoms. The fourth-order valence-corrected chi connectivity index (χ4v) is 1.66. The van der Waals surface area contributed by atoms with Gasteiger partial charge in [0.15, 0.2) is 0 Å². The molecule has 0 saturated carbocycles. The van der Waals surface area contributed by atoms with Crippen LogP contribution < -0.4 is 4.90 Å². The second-order valence-electron chi connectivity index (χ2n) is 4.10. The summed E-state index contributed by atoms with van der Waals surface area (Å²) in [5.41, 5.74) is 1.35. The van der Waals surface area contributed by atoms with Crippen molar-refractivity contribution in [2.24, 2.45) is 0 Å². The summed E-state index contributed by atoms with van der Waals surface area (Å²) in [5, 5.41) is 0. The van der Waals surface area contributed by atoms with Crippen LogP contribution in [0.15, 0.2) is 18.3 Å². The van der Waals surface area contributed by atoms with Crippen LogP contribution in [-0.2, 0) is 11.2 Å². The fraction of sp³-hybridized carbons (Fsp3) is 0.455. The molecule has 5 heteroatoms. The lowest BCUT2D eigenvalue weighted by molar-refractivity contribution is -0.116. The Morgan fingerprint density at radius 3 is 2.62 bits per heavy atom. The van der Waals surface area contributed by atoms with Crippen LogP contribution in [-0.4, -0.2) is 29.8 Å². The number of carbonyl (C=O) groups is 1. The molecule has 1 aromatic rings. The number of ketones is 1. The Morgan fingerprint density at radius 2 is 2.19 bits per heavy atom. The molecule has 86 valence electrons. The lowest BCUT2D eigenvalue weighted by atomic mass is 10.1. The van der Waals surface area contributed by atoms with Crippen LogP contribution >= 0.6 is 0 Å². The minimum atomic E-state index is -2.57. The Bertz CT molecular complexity index is 395. The standard InChI is InChI=1S/C11H12F2N2O/c1-8(16)4-9-2-3-10(5-14-9)15-6-11(12,13)7-15/h2-3,5H,4,6-7H2,1H3. The Hall–Kier alpha value is -1.52. The average Bonchev–Trinajstić information content (AvgIpc) is 2.14. The summed E-state index contributed by atoms with van der Waals surface area (Å²) in [6, 6.07) is 3.42. The van der Waals surface area contributed by atoms with Crippen molar-refractivity contribution in [3.63, 3.8) is 0 Å². The number of hydrogen-bond donors (Lipinski definition) is 0. The zero-order valence-electron chi connectivity index (χ0n) is 8.91. The lowest BCUT2D eigenvalue weighted by Crippen LogP contribution is -2.56. The van der Waals surface area contributed by atoms with E-state index >= 15 is 0 Å². The molecule has 0 atom stereocenters. The minimum absolute atomic E-state index is 0.0377. The van der Waals surface area contributed by atoms with E-state index in [0.717, 1.165) is 0 Å². The first-order chi connectivity index (χ1) is 7.46. The third-order valence-electron chi connectivity index (χ3n) is 2.45. The highest BCUT2D eigenvalue weighted by atomic mass is 19.3. The molecule has 2 heterocycles. The van der Waals surface area contributed by atoms with Gasteiger partial charge in [0.25, 0.3) is 5.92 Å². The van der Waals surface area contributed by atoms with Gasteiger partial charge in [-0.2, -0.15) is 0 Å². The fourth-order valence-electron chi connectivity index (χ4n) is 1.66. The SMILES string of the molecule is CC(=O)Cc1ccc(N2CC(F)(F)C2)cn1. The van der Waals surface area contributed by atoms with Crippen molar-refractivity contribution in [3.05, 3.63) is 24.0 Å². The van der Waals surface area contributed by atoms with Crippen LogP contribution in [0.1, 0.15) is 12.6 Å². The van der Waals surface area contributed by atoms with Crippen molar-refractivity contribution < 1.29 is 13.6 Å². The van der Waals surface area contributed by atoms with Gasteiger partial charge in [0, 0.05) is 12.1 Å². The van der Waals surface area contributed by atoms with E-state index in [-0.39, 0.29) is 25.3 Å². The number of halogens is 2. The quantitative estimate of drug-likeness (QED) is 0.786. The van der Waals surface area contributed by atoms with Gasteiger partial charge in [0.1, 0.15) is 5.78 Å². The Labute approximate surface area is 92.1 Å². The molecule has 1 fully saturated rings. The summed E-state index contributed by atoms with van der Waals surface area (Å²) in [5.74, 6) is -2.53. The van der Waals surface area contributed by atoms with Gasteiger partial charge in [-0.1, -0.05) is 0 Å². The second-order valence-corrected chi connectivity index (χ2v) is 4.10. The van der Waals surface area contributed by atoms with Gasteiger partial charge < -0.3 is 4.90 Å². The summed E-state index contributed by atoms with van der Waals surface area (Å²) in [4.78, 5) is 16.5. The first-order valence-electron chi connectivity index (χ1n) is 5.03. The summed E-state index contributed by atoms with van der Waals surface area (Å²) in [6.07, 6.45) is 1.82. The summed E-state index contributed by atoms with van der Waals surface area (Å²) < 4.78 is 25.2. The van der Waals surface area contributed by atoms with Crippen molar-refractivity contribution >= 4 is 11.5 Å². The van der Waals surface area contributed by atoms with Crippen LogP contribution in [0.25, 0.3) is 0 Å². The molecule has 0 N–H and O–H groups in total. The third-order valence-corrected chi connectivity index (χ3v) is 2.45. The van der Waals surface area contributed by atoms with Crippen molar-refractivity contribution in [2.45, 2.75) is 19.3 Å². The molecule has 0 aromatic carbocycles. The van der Waals surface area contributed by atoms with Gasteiger partial charge in [-0.15, -0.1) is 0 Å².